The molecule has 36 heavy (non-hydrogen) atoms. The summed E-state index contributed by atoms with van der Waals surface area (Å²) in [6.45, 7) is 2.14. The fraction of sp³-hybridized carbons (Fsp3) is 0.458. The highest BCUT2D eigenvalue weighted by Crippen LogP contribution is 2.39. The lowest BCUT2D eigenvalue weighted by Crippen LogP contribution is -2.46. The zero-order valence-electron chi connectivity index (χ0n) is 20.2. The first-order valence-electron chi connectivity index (χ1n) is 11.8. The quantitative estimate of drug-likeness (QED) is 0.393. The number of amides is 3. The molecule has 4 rings (SSSR count). The molecule has 0 radical (unpaired) electrons. The van der Waals surface area contributed by atoms with Gasteiger partial charge in [0.1, 0.15) is 0 Å². The first-order chi connectivity index (χ1) is 17.2. The first kappa shape index (κ1) is 25.5. The predicted molar refractivity (Wildman–Crippen MR) is 129 cm³/mol. The summed E-state index contributed by atoms with van der Waals surface area (Å²) in [6.07, 6.45) is 6.32. The summed E-state index contributed by atoms with van der Waals surface area (Å²) >= 11 is 0. The van der Waals surface area contributed by atoms with Gasteiger partial charge in [-0.15, -0.1) is 0 Å². The molecule has 1 aliphatic carbocycles. The van der Waals surface area contributed by atoms with Crippen LogP contribution in [0, 0.1) is 18.8 Å². The van der Waals surface area contributed by atoms with E-state index in [-0.39, 0.29) is 17.4 Å². The molecule has 1 aliphatic heterocycles. The van der Waals surface area contributed by atoms with Crippen LogP contribution < -0.4 is 5.32 Å². The van der Waals surface area contributed by atoms with E-state index in [0.717, 1.165) is 30.4 Å². The number of aryl methyl sites for hydroxylation is 1. The Morgan fingerprint density at radius 1 is 1.14 bits per heavy atom. The molecule has 1 N–H and O–H groups in total. The number of imide groups is 1. The number of benzene rings is 1. The molecule has 1 aromatic heterocycles. The highest BCUT2D eigenvalue weighted by Gasteiger charge is 2.53. The summed E-state index contributed by atoms with van der Waals surface area (Å²) in [4.78, 5) is 47.6. The van der Waals surface area contributed by atoms with Crippen LogP contribution in [0.3, 0.4) is 0 Å². The van der Waals surface area contributed by atoms with Crippen molar-refractivity contribution in [1.82, 2.24) is 19.2 Å². The van der Waals surface area contributed by atoms with Crippen molar-refractivity contribution >= 4 is 33.9 Å². The Morgan fingerprint density at radius 2 is 1.81 bits per heavy atom. The molecule has 11 nitrogen and oxygen atoms in total. The Hall–Kier alpha value is -3.54. The lowest BCUT2D eigenvalue weighted by molar-refractivity contribution is -0.144. The number of aromatic nitrogens is 2. The van der Waals surface area contributed by atoms with Crippen molar-refractivity contribution in [3.8, 4) is 0 Å². The Labute approximate surface area is 209 Å². The molecule has 1 unspecified atom stereocenters. The normalized spacial score (nSPS) is 21.7. The van der Waals surface area contributed by atoms with Gasteiger partial charge in [0.2, 0.25) is 11.9 Å². The topological polar surface area (TPSA) is 139 Å². The van der Waals surface area contributed by atoms with E-state index in [1.54, 1.807) is 37.5 Å². The van der Waals surface area contributed by atoms with Gasteiger partial charge in [0.05, 0.1) is 18.6 Å². The lowest BCUT2D eigenvalue weighted by atomic mass is 9.72. The number of sulfonamides is 1. The first-order valence-corrected chi connectivity index (χ1v) is 13.2. The Bertz CT molecular complexity index is 1220. The van der Waals surface area contributed by atoms with Crippen LogP contribution in [0.5, 0.6) is 0 Å². The molecule has 1 atom stereocenters. The highest BCUT2D eigenvalue weighted by molar-refractivity contribution is 7.89. The Kier molecular flexibility index (Phi) is 7.53. The van der Waals surface area contributed by atoms with E-state index in [9.17, 15) is 22.8 Å². The maximum absolute atomic E-state index is 13.3. The number of esters is 1. The predicted octanol–water partition coefficient (Wildman–Crippen LogP) is 2.20. The summed E-state index contributed by atoms with van der Waals surface area (Å²) < 4.78 is 31.7. The van der Waals surface area contributed by atoms with Crippen LogP contribution in [0.4, 0.5) is 10.7 Å². The molecule has 0 bridgehead atoms. The number of ether oxygens (including phenoxy) is 1. The maximum atomic E-state index is 13.3. The molecule has 1 aromatic carbocycles. The second kappa shape index (κ2) is 10.6. The number of hydrogen-bond donors (Lipinski definition) is 1. The minimum absolute atomic E-state index is 0.136. The summed E-state index contributed by atoms with van der Waals surface area (Å²) in [7, 11) is -3.25. The van der Waals surface area contributed by atoms with Crippen molar-refractivity contribution in [2.45, 2.75) is 43.5 Å². The van der Waals surface area contributed by atoms with Crippen LogP contribution in [0.1, 0.15) is 31.2 Å². The fourth-order valence-electron chi connectivity index (χ4n) is 4.54. The SMILES string of the molecule is COC(=O)C1CN(C(=O)C2CC(CCCNc3ncccn3)C2)C(=O)N1S(=O)(=O)c1ccc(C)cc1. The Morgan fingerprint density at radius 3 is 2.44 bits per heavy atom. The third kappa shape index (κ3) is 5.18. The van der Waals surface area contributed by atoms with Crippen LogP contribution >= 0.6 is 0 Å². The summed E-state index contributed by atoms with van der Waals surface area (Å²) in [5.41, 5.74) is 0.840. The highest BCUT2D eigenvalue weighted by atomic mass is 32.2. The van der Waals surface area contributed by atoms with Crippen LogP contribution in [0.25, 0.3) is 0 Å². The number of carbonyl (C=O) groups is 3. The number of rotatable bonds is 9. The summed E-state index contributed by atoms with van der Waals surface area (Å²) in [5, 5.41) is 3.14. The monoisotopic (exact) mass is 515 g/mol. The zero-order valence-corrected chi connectivity index (χ0v) is 21.0. The number of urea groups is 1. The molecular formula is C24H29N5O6S. The molecule has 1 saturated heterocycles. The van der Waals surface area contributed by atoms with Crippen molar-refractivity contribution in [3.05, 3.63) is 48.3 Å². The van der Waals surface area contributed by atoms with Gasteiger partial charge >= 0.3 is 12.0 Å². The number of hydrogen-bond acceptors (Lipinski definition) is 9. The van der Waals surface area contributed by atoms with E-state index in [4.69, 9.17) is 4.74 Å². The third-order valence-electron chi connectivity index (χ3n) is 6.60. The maximum Gasteiger partial charge on any atom is 0.341 e. The van der Waals surface area contributed by atoms with E-state index in [0.29, 0.717) is 35.6 Å². The fourth-order valence-corrected chi connectivity index (χ4v) is 6.04. The van der Waals surface area contributed by atoms with Crippen LogP contribution in [-0.4, -0.2) is 71.7 Å². The molecule has 1 saturated carbocycles. The summed E-state index contributed by atoms with van der Waals surface area (Å²) in [5.74, 6) is -0.834. The number of nitrogens with one attached hydrogen (secondary N) is 1. The third-order valence-corrected chi connectivity index (χ3v) is 8.39. The zero-order chi connectivity index (χ0) is 25.9. The molecule has 192 valence electrons. The van der Waals surface area contributed by atoms with Gasteiger partial charge < -0.3 is 10.1 Å². The van der Waals surface area contributed by atoms with Crippen molar-refractivity contribution in [3.63, 3.8) is 0 Å². The van der Waals surface area contributed by atoms with Gasteiger partial charge in [0, 0.05) is 24.9 Å². The Balaban J connectivity index is 1.36. The van der Waals surface area contributed by atoms with Gasteiger partial charge in [0.15, 0.2) is 6.04 Å². The average Bonchev–Trinajstić information content (AvgIpc) is 3.20. The molecular weight excluding hydrogens is 486 g/mol. The van der Waals surface area contributed by atoms with Gasteiger partial charge in [-0.05, 0) is 56.7 Å². The number of anilines is 1. The van der Waals surface area contributed by atoms with Gasteiger partial charge in [-0.25, -0.2) is 32.3 Å². The standard InChI is InChI=1S/C24H29N5O6S/c1-16-6-8-19(9-7-16)36(33,34)29-20(22(31)35-2)15-28(24(29)32)21(30)18-13-17(14-18)5-3-10-25-23-26-11-4-12-27-23/h4,6-9,11-12,17-18,20H,3,5,10,13-15H2,1-2H3,(H,25,26,27). The number of nitrogens with zero attached hydrogens (tertiary/aromatic N) is 4. The minimum atomic E-state index is -4.37. The van der Waals surface area contributed by atoms with Crippen molar-refractivity contribution in [2.75, 3.05) is 25.5 Å². The van der Waals surface area contributed by atoms with Crippen LogP contribution in [0.2, 0.25) is 0 Å². The van der Waals surface area contributed by atoms with Crippen molar-refractivity contribution in [1.29, 1.82) is 0 Å². The molecule has 2 heterocycles. The average molecular weight is 516 g/mol. The minimum Gasteiger partial charge on any atom is -0.467 e. The molecule has 3 amide bonds. The van der Waals surface area contributed by atoms with Gasteiger partial charge in [0.25, 0.3) is 10.0 Å². The van der Waals surface area contributed by atoms with E-state index in [1.165, 1.54) is 12.1 Å². The summed E-state index contributed by atoms with van der Waals surface area (Å²) in [6, 6.07) is 5.22. The van der Waals surface area contributed by atoms with E-state index in [2.05, 4.69) is 15.3 Å². The van der Waals surface area contributed by atoms with Crippen LogP contribution in [-0.2, 0) is 24.3 Å². The number of carbonyl (C=O) groups excluding carboxylic acids is 3. The second-order valence-electron chi connectivity index (χ2n) is 9.06. The van der Waals surface area contributed by atoms with Crippen molar-refractivity contribution < 1.29 is 27.5 Å². The van der Waals surface area contributed by atoms with Crippen molar-refractivity contribution in [2.24, 2.45) is 11.8 Å². The largest absolute Gasteiger partial charge is 0.467 e. The van der Waals surface area contributed by atoms with Gasteiger partial charge in [-0.1, -0.05) is 17.7 Å². The number of methoxy groups -OCH3 is 1. The molecule has 2 aromatic rings. The van der Waals surface area contributed by atoms with Crippen LogP contribution in [0.15, 0.2) is 47.6 Å². The molecule has 0 spiro atoms. The lowest BCUT2D eigenvalue weighted by Gasteiger charge is -2.36. The van der Waals surface area contributed by atoms with E-state index >= 15 is 0 Å². The van der Waals surface area contributed by atoms with Gasteiger partial charge in [-0.2, -0.15) is 0 Å². The van der Waals surface area contributed by atoms with E-state index in [1.807, 2.05) is 0 Å². The van der Waals surface area contributed by atoms with Gasteiger partial charge in [-0.3, -0.25) is 9.69 Å². The molecule has 12 heteroatoms. The molecule has 2 aliphatic rings. The molecule has 2 fully saturated rings. The smallest absolute Gasteiger partial charge is 0.341 e. The second-order valence-corrected chi connectivity index (χ2v) is 10.9. The van der Waals surface area contributed by atoms with E-state index < -0.39 is 34.0 Å².